The van der Waals surface area contributed by atoms with Gasteiger partial charge in [0.25, 0.3) is 0 Å². The molecule has 132 valence electrons. The van der Waals surface area contributed by atoms with Gasteiger partial charge >= 0.3 is 18.2 Å². The molecule has 2 N–H and O–H groups in total. The molecule has 0 unspecified atom stereocenters. The van der Waals surface area contributed by atoms with Crippen LogP contribution in [-0.2, 0) is 4.79 Å². The summed E-state index contributed by atoms with van der Waals surface area (Å²) >= 11 is 0. The molecule has 2 rings (SSSR count). The highest BCUT2D eigenvalue weighted by Crippen LogP contribution is 2.34. The van der Waals surface area contributed by atoms with Gasteiger partial charge < -0.3 is 15.3 Å². The summed E-state index contributed by atoms with van der Waals surface area (Å²) in [6.07, 6.45) is -1.68. The third-order valence-corrected chi connectivity index (χ3v) is 4.84. The van der Waals surface area contributed by atoms with Crippen LogP contribution in [0.1, 0.15) is 44.9 Å². The standard InChI is InChI=1S/C15H23F3N2O3/c16-15(17,18)9-11-3-1-2-4-12(11)19-14(23)20-7-5-10(6-8-20)13(21)22/h10-12H,1-9H2,(H,19,23)(H,21,22)/t11-,12-/m0/s1. The topological polar surface area (TPSA) is 69.6 Å². The molecule has 1 saturated carbocycles. The van der Waals surface area contributed by atoms with Crippen molar-refractivity contribution < 1.29 is 27.9 Å². The van der Waals surface area contributed by atoms with Gasteiger partial charge in [0.05, 0.1) is 5.92 Å². The first-order valence-electron chi connectivity index (χ1n) is 8.11. The lowest BCUT2D eigenvalue weighted by Crippen LogP contribution is -2.51. The first-order chi connectivity index (χ1) is 10.8. The summed E-state index contributed by atoms with van der Waals surface area (Å²) in [5, 5.41) is 11.7. The zero-order valence-corrected chi connectivity index (χ0v) is 12.9. The maximum absolute atomic E-state index is 12.6. The highest BCUT2D eigenvalue weighted by molar-refractivity contribution is 5.75. The van der Waals surface area contributed by atoms with Crippen LogP contribution in [-0.4, -0.2) is 47.3 Å². The fourth-order valence-electron chi connectivity index (χ4n) is 3.52. The summed E-state index contributed by atoms with van der Waals surface area (Å²) in [5.74, 6) is -1.86. The van der Waals surface area contributed by atoms with Gasteiger partial charge in [0.1, 0.15) is 0 Å². The van der Waals surface area contributed by atoms with Crippen molar-refractivity contribution in [1.82, 2.24) is 10.2 Å². The fourth-order valence-corrected chi connectivity index (χ4v) is 3.52. The Hall–Kier alpha value is -1.47. The van der Waals surface area contributed by atoms with Crippen molar-refractivity contribution in [2.45, 2.75) is 57.2 Å². The monoisotopic (exact) mass is 336 g/mol. The van der Waals surface area contributed by atoms with E-state index < -0.39 is 36.4 Å². The molecule has 2 atom stereocenters. The number of hydrogen-bond donors (Lipinski definition) is 2. The number of nitrogens with zero attached hydrogens (tertiary/aromatic N) is 1. The summed E-state index contributed by atoms with van der Waals surface area (Å²) in [6, 6.07) is -0.817. The smallest absolute Gasteiger partial charge is 0.389 e. The number of urea groups is 1. The second-order valence-electron chi connectivity index (χ2n) is 6.52. The van der Waals surface area contributed by atoms with Crippen LogP contribution in [0.2, 0.25) is 0 Å². The van der Waals surface area contributed by atoms with Crippen molar-refractivity contribution >= 4 is 12.0 Å². The lowest BCUT2D eigenvalue weighted by molar-refractivity contribution is -0.148. The van der Waals surface area contributed by atoms with E-state index in [2.05, 4.69) is 5.32 Å². The van der Waals surface area contributed by atoms with Gasteiger partial charge in [-0.15, -0.1) is 0 Å². The Labute approximate surface area is 133 Å². The van der Waals surface area contributed by atoms with Crippen LogP contribution in [0, 0.1) is 11.8 Å². The molecular formula is C15H23F3N2O3. The number of carboxylic acids is 1. The van der Waals surface area contributed by atoms with Gasteiger partial charge in [-0.3, -0.25) is 4.79 Å². The molecule has 23 heavy (non-hydrogen) atoms. The summed E-state index contributed by atoms with van der Waals surface area (Å²) in [6.45, 7) is 0.666. The minimum absolute atomic E-state index is 0.333. The van der Waals surface area contributed by atoms with Crippen molar-refractivity contribution in [3.8, 4) is 0 Å². The van der Waals surface area contributed by atoms with E-state index in [9.17, 15) is 22.8 Å². The van der Waals surface area contributed by atoms with E-state index in [4.69, 9.17) is 5.11 Å². The molecule has 1 aliphatic heterocycles. The molecule has 0 bridgehead atoms. The predicted molar refractivity (Wildman–Crippen MR) is 76.9 cm³/mol. The average Bonchev–Trinajstić information content (AvgIpc) is 2.48. The quantitative estimate of drug-likeness (QED) is 0.832. The Bertz CT molecular complexity index is 434. The fraction of sp³-hybridized carbons (Fsp3) is 0.867. The second kappa shape index (κ2) is 7.40. The molecule has 2 fully saturated rings. The van der Waals surface area contributed by atoms with Gasteiger partial charge in [-0.25, -0.2) is 4.79 Å². The van der Waals surface area contributed by atoms with Crippen LogP contribution in [0.4, 0.5) is 18.0 Å². The van der Waals surface area contributed by atoms with E-state index >= 15 is 0 Å². The summed E-state index contributed by atoms with van der Waals surface area (Å²) in [4.78, 5) is 24.7. The van der Waals surface area contributed by atoms with E-state index in [0.717, 1.165) is 12.8 Å². The molecule has 1 heterocycles. The second-order valence-corrected chi connectivity index (χ2v) is 6.52. The molecule has 0 aromatic carbocycles. The molecule has 2 amide bonds. The highest BCUT2D eigenvalue weighted by Gasteiger charge is 2.38. The Balaban J connectivity index is 1.86. The van der Waals surface area contributed by atoms with E-state index in [-0.39, 0.29) is 6.03 Å². The number of alkyl halides is 3. The van der Waals surface area contributed by atoms with Crippen LogP contribution in [0.25, 0.3) is 0 Å². The Morgan fingerprint density at radius 1 is 1.09 bits per heavy atom. The summed E-state index contributed by atoms with van der Waals surface area (Å²) in [7, 11) is 0. The summed E-state index contributed by atoms with van der Waals surface area (Å²) < 4.78 is 37.9. The largest absolute Gasteiger partial charge is 0.481 e. The number of amides is 2. The molecule has 1 saturated heterocycles. The number of carbonyl (C=O) groups is 2. The molecule has 0 aromatic heterocycles. The van der Waals surface area contributed by atoms with Gasteiger partial charge in [0.2, 0.25) is 0 Å². The van der Waals surface area contributed by atoms with Crippen LogP contribution in [0.3, 0.4) is 0 Å². The van der Waals surface area contributed by atoms with Gasteiger partial charge in [-0.1, -0.05) is 12.8 Å². The number of hydrogen-bond acceptors (Lipinski definition) is 2. The third-order valence-electron chi connectivity index (χ3n) is 4.84. The third kappa shape index (κ3) is 5.28. The number of halogens is 3. The van der Waals surface area contributed by atoms with Gasteiger partial charge in [0.15, 0.2) is 0 Å². The van der Waals surface area contributed by atoms with Gasteiger partial charge in [-0.05, 0) is 31.6 Å². The number of carbonyl (C=O) groups excluding carboxylic acids is 1. The first kappa shape index (κ1) is 17.9. The predicted octanol–water partition coefficient (Wildman–Crippen LogP) is 3.00. The number of nitrogens with one attached hydrogen (secondary N) is 1. The first-order valence-corrected chi connectivity index (χ1v) is 8.11. The van der Waals surface area contributed by atoms with Crippen molar-refractivity contribution in [3.05, 3.63) is 0 Å². The molecule has 5 nitrogen and oxygen atoms in total. The number of carboxylic acid groups (broad SMARTS) is 1. The van der Waals surface area contributed by atoms with E-state index in [1.807, 2.05) is 0 Å². The van der Waals surface area contributed by atoms with Crippen molar-refractivity contribution in [3.63, 3.8) is 0 Å². The van der Waals surface area contributed by atoms with E-state index in [1.165, 1.54) is 4.90 Å². The average molecular weight is 336 g/mol. The maximum atomic E-state index is 12.6. The number of piperidine rings is 1. The lowest BCUT2D eigenvalue weighted by Gasteiger charge is -2.36. The SMILES string of the molecule is O=C(O)C1CCN(C(=O)N[C@H]2CCCC[C@H]2CC(F)(F)F)CC1. The lowest BCUT2D eigenvalue weighted by atomic mass is 9.82. The maximum Gasteiger partial charge on any atom is 0.389 e. The molecule has 1 aliphatic carbocycles. The minimum atomic E-state index is -4.22. The van der Waals surface area contributed by atoms with Crippen molar-refractivity contribution in [2.75, 3.05) is 13.1 Å². The molecule has 8 heteroatoms. The van der Waals surface area contributed by atoms with Crippen LogP contribution >= 0.6 is 0 Å². The van der Waals surface area contributed by atoms with Crippen molar-refractivity contribution in [2.24, 2.45) is 11.8 Å². The highest BCUT2D eigenvalue weighted by atomic mass is 19.4. The molecule has 0 aromatic rings. The Morgan fingerprint density at radius 2 is 1.70 bits per heavy atom. The van der Waals surface area contributed by atoms with Crippen molar-refractivity contribution in [1.29, 1.82) is 0 Å². The molecule has 0 radical (unpaired) electrons. The molecular weight excluding hydrogens is 313 g/mol. The van der Waals surface area contributed by atoms with Crippen LogP contribution < -0.4 is 5.32 Å². The van der Waals surface area contributed by atoms with E-state index in [0.29, 0.717) is 38.8 Å². The number of rotatable bonds is 3. The van der Waals surface area contributed by atoms with Crippen LogP contribution in [0.5, 0.6) is 0 Å². The minimum Gasteiger partial charge on any atom is -0.481 e. The number of likely N-dealkylation sites (tertiary alicyclic amines) is 1. The van der Waals surface area contributed by atoms with Crippen LogP contribution in [0.15, 0.2) is 0 Å². The Kier molecular flexibility index (Phi) is 5.75. The molecule has 0 spiro atoms. The normalized spacial score (nSPS) is 26.8. The summed E-state index contributed by atoms with van der Waals surface area (Å²) in [5.41, 5.74) is 0. The number of aliphatic carboxylic acids is 1. The van der Waals surface area contributed by atoms with Gasteiger partial charge in [0, 0.05) is 25.6 Å². The molecule has 2 aliphatic rings. The van der Waals surface area contributed by atoms with Gasteiger partial charge in [-0.2, -0.15) is 13.2 Å². The zero-order chi connectivity index (χ0) is 17.0. The Morgan fingerprint density at radius 3 is 2.26 bits per heavy atom. The zero-order valence-electron chi connectivity index (χ0n) is 12.9. The van der Waals surface area contributed by atoms with E-state index in [1.54, 1.807) is 0 Å².